The van der Waals surface area contributed by atoms with Gasteiger partial charge in [-0.05, 0) is 63.5 Å². The third-order valence-corrected chi connectivity index (χ3v) is 8.04. The number of amides is 1. The van der Waals surface area contributed by atoms with E-state index in [2.05, 4.69) is 15.8 Å². The lowest BCUT2D eigenvalue weighted by Crippen LogP contribution is -2.58. The van der Waals surface area contributed by atoms with Crippen molar-refractivity contribution >= 4 is 16.9 Å². The van der Waals surface area contributed by atoms with Crippen molar-refractivity contribution in [3.8, 4) is 11.4 Å². The highest BCUT2D eigenvalue weighted by molar-refractivity contribution is 5.90. The number of carbonyl (C=O) groups excluding carboxylic acids is 1. The van der Waals surface area contributed by atoms with Gasteiger partial charge in [0.25, 0.3) is 0 Å². The zero-order valence-corrected chi connectivity index (χ0v) is 19.3. The van der Waals surface area contributed by atoms with Crippen molar-refractivity contribution in [1.82, 2.24) is 14.7 Å². The number of rotatable bonds is 5. The second-order valence-electron chi connectivity index (χ2n) is 9.82. The van der Waals surface area contributed by atoms with Crippen LogP contribution in [0.1, 0.15) is 75.7 Å². The zero-order valence-electron chi connectivity index (χ0n) is 19.3. The van der Waals surface area contributed by atoms with E-state index < -0.39 is 5.54 Å². The molecule has 170 valence electrons. The van der Waals surface area contributed by atoms with Crippen LogP contribution in [0.5, 0.6) is 0 Å². The molecular formula is C26H34N4O2. The summed E-state index contributed by atoms with van der Waals surface area (Å²) in [5, 5.41) is 4.21. The molecule has 1 amide bonds. The van der Waals surface area contributed by atoms with Gasteiger partial charge < -0.3 is 14.8 Å². The summed E-state index contributed by atoms with van der Waals surface area (Å²) in [5.41, 5.74) is 9.25. The van der Waals surface area contributed by atoms with Crippen molar-refractivity contribution < 1.29 is 9.32 Å². The smallest absolute Gasteiger partial charge is 0.244 e. The molecule has 0 radical (unpaired) electrons. The van der Waals surface area contributed by atoms with E-state index >= 15 is 0 Å². The first-order valence-corrected chi connectivity index (χ1v) is 12.3. The molecule has 2 N–H and O–H groups in total. The number of hydrogen-bond acceptors (Lipinski definition) is 4. The molecule has 2 aliphatic rings. The molecule has 0 bridgehead atoms. The fourth-order valence-corrected chi connectivity index (χ4v) is 6.67. The molecule has 2 aliphatic carbocycles. The van der Waals surface area contributed by atoms with Gasteiger partial charge in [-0.2, -0.15) is 0 Å². The summed E-state index contributed by atoms with van der Waals surface area (Å²) in [7, 11) is 0. The van der Waals surface area contributed by atoms with E-state index in [0.29, 0.717) is 0 Å². The lowest BCUT2D eigenvalue weighted by atomic mass is 9.63. The van der Waals surface area contributed by atoms with Crippen molar-refractivity contribution in [3.63, 3.8) is 0 Å². The van der Waals surface area contributed by atoms with Crippen LogP contribution in [0.4, 0.5) is 0 Å². The van der Waals surface area contributed by atoms with Gasteiger partial charge in [-0.25, -0.2) is 4.98 Å². The first-order valence-electron chi connectivity index (χ1n) is 12.3. The normalized spacial score (nSPS) is 18.9. The average Bonchev–Trinajstić information content (AvgIpc) is 3.35. The molecule has 6 nitrogen and oxygen atoms in total. The monoisotopic (exact) mass is 434 g/mol. The molecule has 2 fully saturated rings. The maximum Gasteiger partial charge on any atom is 0.244 e. The summed E-state index contributed by atoms with van der Waals surface area (Å²) in [4.78, 5) is 18.9. The van der Waals surface area contributed by atoms with Crippen LogP contribution >= 0.6 is 0 Å². The molecule has 1 aromatic carbocycles. The molecule has 3 aromatic rings. The SMILES string of the molecule is Cc1noc(C)c1-c1nc2ccccc2n1C(C(N)=O)(C1CCCCC1)C1CCCCC1. The summed E-state index contributed by atoms with van der Waals surface area (Å²) in [6.07, 6.45) is 11.2. The van der Waals surface area contributed by atoms with Gasteiger partial charge in [-0.3, -0.25) is 4.79 Å². The number of primary amides is 1. The number of carbonyl (C=O) groups is 1. The maximum atomic E-state index is 13.8. The van der Waals surface area contributed by atoms with Gasteiger partial charge in [-0.15, -0.1) is 0 Å². The average molecular weight is 435 g/mol. The van der Waals surface area contributed by atoms with Crippen LogP contribution in [0.3, 0.4) is 0 Å². The van der Waals surface area contributed by atoms with Crippen molar-refractivity contribution in [3.05, 3.63) is 35.7 Å². The van der Waals surface area contributed by atoms with E-state index in [-0.39, 0.29) is 17.7 Å². The molecule has 2 saturated carbocycles. The molecule has 6 heteroatoms. The fourth-order valence-electron chi connectivity index (χ4n) is 6.67. The highest BCUT2D eigenvalue weighted by atomic mass is 16.5. The highest BCUT2D eigenvalue weighted by Gasteiger charge is 2.53. The van der Waals surface area contributed by atoms with E-state index in [1.165, 1.54) is 12.8 Å². The lowest BCUT2D eigenvalue weighted by Gasteiger charge is -2.48. The number of aryl methyl sites for hydroxylation is 2. The minimum absolute atomic E-state index is 0.201. The Morgan fingerprint density at radius 1 is 1.00 bits per heavy atom. The fraction of sp³-hybridized carbons (Fsp3) is 0.577. The van der Waals surface area contributed by atoms with Crippen molar-refractivity contribution in [2.24, 2.45) is 17.6 Å². The Hall–Kier alpha value is -2.63. The number of nitrogens with two attached hydrogens (primary N) is 1. The van der Waals surface area contributed by atoms with Crippen LogP contribution < -0.4 is 5.73 Å². The first kappa shape index (κ1) is 21.2. The number of para-hydroxylation sites is 2. The van der Waals surface area contributed by atoms with E-state index in [4.69, 9.17) is 15.2 Å². The van der Waals surface area contributed by atoms with Crippen molar-refractivity contribution in [2.75, 3.05) is 0 Å². The van der Waals surface area contributed by atoms with Crippen LogP contribution in [-0.2, 0) is 10.3 Å². The van der Waals surface area contributed by atoms with Gasteiger partial charge in [0.2, 0.25) is 5.91 Å². The molecular weight excluding hydrogens is 400 g/mol. The van der Waals surface area contributed by atoms with Crippen LogP contribution in [-0.4, -0.2) is 20.6 Å². The Bertz CT molecular complexity index is 1080. The standard InChI is InChI=1S/C26H34N4O2/c1-17-23(18(2)32-29-17)24-28-21-15-9-10-16-22(21)30(24)26(25(27)31,19-11-5-3-6-12-19)20-13-7-4-8-14-20/h9-10,15-16,19-20H,3-8,11-14H2,1-2H3,(H2,27,31). The molecule has 0 aliphatic heterocycles. The number of nitrogens with zero attached hydrogens (tertiary/aromatic N) is 3. The van der Waals surface area contributed by atoms with Crippen LogP contribution in [0.2, 0.25) is 0 Å². The van der Waals surface area contributed by atoms with E-state index in [9.17, 15) is 4.79 Å². The number of benzene rings is 1. The molecule has 2 heterocycles. The summed E-state index contributed by atoms with van der Waals surface area (Å²) < 4.78 is 7.78. The molecule has 0 spiro atoms. The van der Waals surface area contributed by atoms with E-state index in [1.54, 1.807) is 0 Å². The summed E-state index contributed by atoms with van der Waals surface area (Å²) >= 11 is 0. The van der Waals surface area contributed by atoms with Gasteiger partial charge in [0.15, 0.2) is 0 Å². The summed E-state index contributed by atoms with van der Waals surface area (Å²) in [5.74, 6) is 1.73. The van der Waals surface area contributed by atoms with Gasteiger partial charge >= 0.3 is 0 Å². The largest absolute Gasteiger partial charge is 0.368 e. The second-order valence-corrected chi connectivity index (χ2v) is 9.82. The topological polar surface area (TPSA) is 86.9 Å². The van der Waals surface area contributed by atoms with E-state index in [0.717, 1.165) is 85.2 Å². The molecule has 0 saturated heterocycles. The number of aromatic nitrogens is 3. The molecule has 5 rings (SSSR count). The molecule has 0 atom stereocenters. The summed E-state index contributed by atoms with van der Waals surface area (Å²) in [6.45, 7) is 3.87. The predicted molar refractivity (Wildman–Crippen MR) is 125 cm³/mol. The number of imidazole rings is 1. The highest BCUT2D eigenvalue weighted by Crippen LogP contribution is 2.50. The van der Waals surface area contributed by atoms with Gasteiger partial charge in [0.1, 0.15) is 17.1 Å². The van der Waals surface area contributed by atoms with Crippen molar-refractivity contribution in [1.29, 1.82) is 0 Å². The minimum Gasteiger partial charge on any atom is -0.368 e. The van der Waals surface area contributed by atoms with Crippen molar-refractivity contribution in [2.45, 2.75) is 83.6 Å². The van der Waals surface area contributed by atoms with E-state index in [1.807, 2.05) is 32.0 Å². The quantitative estimate of drug-likeness (QED) is 0.562. The second kappa shape index (κ2) is 8.38. The van der Waals surface area contributed by atoms with Crippen LogP contribution in [0.15, 0.2) is 28.8 Å². The Morgan fingerprint density at radius 3 is 2.12 bits per heavy atom. The number of hydrogen-bond donors (Lipinski definition) is 1. The lowest BCUT2D eigenvalue weighted by molar-refractivity contribution is -0.135. The Labute approximate surface area is 189 Å². The predicted octanol–water partition coefficient (Wildman–Crippen LogP) is 5.65. The van der Waals surface area contributed by atoms with Gasteiger partial charge in [0.05, 0.1) is 22.3 Å². The third kappa shape index (κ3) is 3.18. The Kier molecular flexibility index (Phi) is 5.56. The molecule has 2 aromatic heterocycles. The zero-order chi connectivity index (χ0) is 22.3. The van der Waals surface area contributed by atoms with Gasteiger partial charge in [-0.1, -0.05) is 55.8 Å². The van der Waals surface area contributed by atoms with Crippen LogP contribution in [0.25, 0.3) is 22.4 Å². The Balaban J connectivity index is 1.86. The molecule has 32 heavy (non-hydrogen) atoms. The number of fused-ring (bicyclic) bond motifs is 1. The summed E-state index contributed by atoms with van der Waals surface area (Å²) in [6, 6.07) is 8.16. The Morgan fingerprint density at radius 2 is 1.59 bits per heavy atom. The maximum absolute atomic E-state index is 13.8. The first-order chi connectivity index (χ1) is 15.5. The van der Waals surface area contributed by atoms with Gasteiger partial charge in [0, 0.05) is 0 Å². The molecule has 0 unspecified atom stereocenters. The van der Waals surface area contributed by atoms with Crippen LogP contribution in [0, 0.1) is 25.7 Å². The minimum atomic E-state index is -0.789. The third-order valence-electron chi connectivity index (χ3n) is 8.04.